The normalized spacial score (nSPS) is 12.6. The topological polar surface area (TPSA) is 43.8 Å². The van der Waals surface area contributed by atoms with E-state index in [2.05, 4.69) is 42.5 Å². The van der Waals surface area contributed by atoms with Gasteiger partial charge in [0.05, 0.1) is 6.20 Å². The molecule has 0 saturated heterocycles. The molecule has 3 nitrogen and oxygen atoms in total. The first kappa shape index (κ1) is 13.8. The molecule has 2 aromatic rings. The van der Waals surface area contributed by atoms with Crippen LogP contribution in [0.3, 0.4) is 0 Å². The van der Waals surface area contributed by atoms with Crippen LogP contribution in [0.5, 0.6) is 0 Å². The Bertz CT molecular complexity index is 516. The van der Waals surface area contributed by atoms with Crippen molar-refractivity contribution in [3.8, 4) is 0 Å². The van der Waals surface area contributed by atoms with Gasteiger partial charge in [-0.25, -0.2) is 0 Å². The van der Waals surface area contributed by atoms with Gasteiger partial charge in [-0.05, 0) is 49.3 Å². The van der Waals surface area contributed by atoms with Gasteiger partial charge < -0.3 is 5.73 Å². The zero-order chi connectivity index (χ0) is 13.7. The van der Waals surface area contributed by atoms with E-state index in [1.807, 2.05) is 17.9 Å². The molecule has 0 saturated carbocycles. The number of nitrogens with zero attached hydrogens (tertiary/aromatic N) is 2. The number of hydrogen-bond donors (Lipinski definition) is 1. The van der Waals surface area contributed by atoms with E-state index in [9.17, 15) is 0 Å². The largest absolute Gasteiger partial charge is 0.328 e. The van der Waals surface area contributed by atoms with E-state index in [0.717, 1.165) is 25.7 Å². The minimum Gasteiger partial charge on any atom is -0.328 e. The molecule has 0 aliphatic rings. The third-order valence-electron chi connectivity index (χ3n) is 3.61. The van der Waals surface area contributed by atoms with Crippen molar-refractivity contribution in [3.05, 3.63) is 53.3 Å². The maximum Gasteiger partial charge on any atom is 0.0521 e. The van der Waals surface area contributed by atoms with Crippen molar-refractivity contribution in [3.63, 3.8) is 0 Å². The van der Waals surface area contributed by atoms with Crippen LogP contribution in [0.25, 0.3) is 0 Å². The summed E-state index contributed by atoms with van der Waals surface area (Å²) in [7, 11) is 1.95. The molecule has 2 N–H and O–H groups in total. The highest BCUT2D eigenvalue weighted by Gasteiger charge is 2.06. The summed E-state index contributed by atoms with van der Waals surface area (Å²) in [5.74, 6) is 0. The molecule has 3 heteroatoms. The van der Waals surface area contributed by atoms with Gasteiger partial charge in [0, 0.05) is 19.3 Å². The molecule has 1 unspecified atom stereocenters. The van der Waals surface area contributed by atoms with E-state index < -0.39 is 0 Å². The first-order valence-electron chi connectivity index (χ1n) is 6.93. The molecule has 1 aromatic carbocycles. The summed E-state index contributed by atoms with van der Waals surface area (Å²) in [6, 6.07) is 8.81. The van der Waals surface area contributed by atoms with E-state index in [4.69, 9.17) is 5.73 Å². The second-order valence-electron chi connectivity index (χ2n) is 5.29. The van der Waals surface area contributed by atoms with Gasteiger partial charge in [-0.1, -0.05) is 24.3 Å². The van der Waals surface area contributed by atoms with Gasteiger partial charge in [0.25, 0.3) is 0 Å². The molecule has 19 heavy (non-hydrogen) atoms. The highest BCUT2D eigenvalue weighted by molar-refractivity contribution is 5.25. The summed E-state index contributed by atoms with van der Waals surface area (Å²) in [5, 5.41) is 4.18. The Morgan fingerprint density at radius 2 is 1.95 bits per heavy atom. The lowest BCUT2D eigenvalue weighted by molar-refractivity contribution is 0.568. The highest BCUT2D eigenvalue weighted by Crippen LogP contribution is 2.12. The SMILES string of the molecule is Cc1ccccc1CCC(N)CCc1cnn(C)c1. The maximum absolute atomic E-state index is 6.20. The fourth-order valence-corrected chi connectivity index (χ4v) is 2.33. The lowest BCUT2D eigenvalue weighted by Crippen LogP contribution is -2.21. The lowest BCUT2D eigenvalue weighted by Gasteiger charge is -2.12. The third kappa shape index (κ3) is 4.21. The molecule has 102 valence electrons. The summed E-state index contributed by atoms with van der Waals surface area (Å²) >= 11 is 0. The fraction of sp³-hybridized carbons (Fsp3) is 0.438. The summed E-state index contributed by atoms with van der Waals surface area (Å²) < 4.78 is 1.84. The standard InChI is InChI=1S/C16H23N3/c1-13-5-3-4-6-15(13)8-10-16(17)9-7-14-11-18-19(2)12-14/h3-6,11-12,16H,7-10,17H2,1-2H3. The van der Waals surface area contributed by atoms with Gasteiger partial charge in [-0.15, -0.1) is 0 Å². The smallest absolute Gasteiger partial charge is 0.0521 e. The molecule has 2 rings (SSSR count). The Morgan fingerprint density at radius 3 is 2.63 bits per heavy atom. The van der Waals surface area contributed by atoms with Crippen molar-refractivity contribution >= 4 is 0 Å². The average molecular weight is 257 g/mol. The van der Waals surface area contributed by atoms with Gasteiger partial charge in [0.1, 0.15) is 0 Å². The van der Waals surface area contributed by atoms with Crippen LogP contribution in [-0.4, -0.2) is 15.8 Å². The molecule has 0 spiro atoms. The van der Waals surface area contributed by atoms with Crippen LogP contribution in [-0.2, 0) is 19.9 Å². The van der Waals surface area contributed by atoms with Crippen molar-refractivity contribution in [2.24, 2.45) is 12.8 Å². The summed E-state index contributed by atoms with van der Waals surface area (Å²) in [4.78, 5) is 0. The van der Waals surface area contributed by atoms with E-state index in [0.29, 0.717) is 0 Å². The minimum atomic E-state index is 0.264. The zero-order valence-electron chi connectivity index (χ0n) is 11.8. The molecule has 0 aliphatic heterocycles. The van der Waals surface area contributed by atoms with Gasteiger partial charge in [0.2, 0.25) is 0 Å². The monoisotopic (exact) mass is 257 g/mol. The molecule has 0 aliphatic carbocycles. The Labute approximate surface area is 115 Å². The molecule has 0 bridgehead atoms. The summed E-state index contributed by atoms with van der Waals surface area (Å²) in [5.41, 5.74) is 10.3. The molecule has 1 heterocycles. The number of aryl methyl sites for hydroxylation is 4. The maximum atomic E-state index is 6.20. The van der Waals surface area contributed by atoms with Crippen molar-refractivity contribution in [2.45, 2.75) is 38.6 Å². The van der Waals surface area contributed by atoms with Gasteiger partial charge in [0.15, 0.2) is 0 Å². The predicted molar refractivity (Wildman–Crippen MR) is 79.0 cm³/mol. The third-order valence-corrected chi connectivity index (χ3v) is 3.61. The Balaban J connectivity index is 1.76. The van der Waals surface area contributed by atoms with Gasteiger partial charge >= 0.3 is 0 Å². The van der Waals surface area contributed by atoms with Crippen LogP contribution in [0.2, 0.25) is 0 Å². The van der Waals surface area contributed by atoms with Crippen molar-refractivity contribution in [2.75, 3.05) is 0 Å². The van der Waals surface area contributed by atoms with E-state index in [1.165, 1.54) is 16.7 Å². The summed E-state index contributed by atoms with van der Waals surface area (Å²) in [6.45, 7) is 2.16. The van der Waals surface area contributed by atoms with E-state index in [1.54, 1.807) is 0 Å². The van der Waals surface area contributed by atoms with Crippen LogP contribution in [0, 0.1) is 6.92 Å². The van der Waals surface area contributed by atoms with Gasteiger partial charge in [-0.3, -0.25) is 4.68 Å². The number of nitrogens with two attached hydrogens (primary N) is 1. The average Bonchev–Trinajstić information content (AvgIpc) is 2.81. The zero-order valence-corrected chi connectivity index (χ0v) is 11.8. The molecular formula is C16H23N3. The minimum absolute atomic E-state index is 0.264. The Kier molecular flexibility index (Phi) is 4.74. The Morgan fingerprint density at radius 1 is 1.21 bits per heavy atom. The summed E-state index contributed by atoms with van der Waals surface area (Å²) in [6.07, 6.45) is 8.15. The Hall–Kier alpha value is -1.61. The molecule has 0 amide bonds. The molecule has 0 radical (unpaired) electrons. The first-order chi connectivity index (χ1) is 9.15. The van der Waals surface area contributed by atoms with Gasteiger partial charge in [-0.2, -0.15) is 5.10 Å². The van der Waals surface area contributed by atoms with Crippen LogP contribution in [0.4, 0.5) is 0 Å². The highest BCUT2D eigenvalue weighted by atomic mass is 15.2. The van der Waals surface area contributed by atoms with Crippen LogP contribution in [0.1, 0.15) is 29.5 Å². The first-order valence-corrected chi connectivity index (χ1v) is 6.93. The molecule has 1 aromatic heterocycles. The van der Waals surface area contributed by atoms with Crippen LogP contribution < -0.4 is 5.73 Å². The molecular weight excluding hydrogens is 234 g/mol. The number of rotatable bonds is 6. The van der Waals surface area contributed by atoms with E-state index in [-0.39, 0.29) is 6.04 Å². The molecule has 0 fully saturated rings. The van der Waals surface area contributed by atoms with Crippen molar-refractivity contribution < 1.29 is 0 Å². The predicted octanol–water partition coefficient (Wildman–Crippen LogP) is 2.62. The van der Waals surface area contributed by atoms with Crippen molar-refractivity contribution in [1.82, 2.24) is 9.78 Å². The van der Waals surface area contributed by atoms with Crippen LogP contribution in [0.15, 0.2) is 36.7 Å². The molecule has 1 atom stereocenters. The van der Waals surface area contributed by atoms with E-state index >= 15 is 0 Å². The van der Waals surface area contributed by atoms with Crippen LogP contribution >= 0.6 is 0 Å². The second-order valence-corrected chi connectivity index (χ2v) is 5.29. The second kappa shape index (κ2) is 6.53. The van der Waals surface area contributed by atoms with Crippen molar-refractivity contribution in [1.29, 1.82) is 0 Å². The fourth-order valence-electron chi connectivity index (χ4n) is 2.33. The quantitative estimate of drug-likeness (QED) is 0.864. The number of aromatic nitrogens is 2. The number of benzene rings is 1. The lowest BCUT2D eigenvalue weighted by atomic mass is 9.98. The number of hydrogen-bond acceptors (Lipinski definition) is 2.